The standard InChI is InChI=1S/C35H61NO12/c1-16-14-35(15-43-35)32(40)19(4)27(37)18(3)22(7)46-33(41)21(6)31(47-26-13-25(42-11)28(38)23(8)45-26)20(5)30(16)48-34-29(39)24(36(9)10)12-17(2)44-34/h16-31,34,37-39H,12-15H2,1-11H3/t16-,17+,18-,19+,20+,21+,22+,23+,24+,25+,26+,27-,28-,29+,30-,31-,34-,35+/m0/s1. The van der Waals surface area contributed by atoms with Gasteiger partial charge in [0.15, 0.2) is 24.0 Å². The number of aliphatic hydroxyl groups is 3. The number of rotatable bonds is 6. The summed E-state index contributed by atoms with van der Waals surface area (Å²) in [6.45, 7) is 14.6. The van der Waals surface area contributed by atoms with E-state index in [1.807, 2.05) is 39.8 Å². The van der Waals surface area contributed by atoms with E-state index in [0.717, 1.165) is 0 Å². The largest absolute Gasteiger partial charge is 0.462 e. The molecule has 13 nitrogen and oxygen atoms in total. The number of carbonyl (C=O) groups excluding carboxylic acids is 2. The van der Waals surface area contributed by atoms with Crippen molar-refractivity contribution in [3.05, 3.63) is 0 Å². The highest BCUT2D eigenvalue weighted by molar-refractivity contribution is 5.92. The third-order valence-corrected chi connectivity index (χ3v) is 11.4. The molecule has 3 N–H and O–H groups in total. The molecule has 0 saturated carbocycles. The van der Waals surface area contributed by atoms with Crippen LogP contribution in [0.2, 0.25) is 0 Å². The SMILES string of the molecule is CO[C@@H]1C[C@@H](O[C@H]2[C@H](C)[C@@H](O[C@@H]3O[C@H](C)C[C@@H](N(C)C)[C@H]3O)[C@@H](C)C[C@@]3(CO3)C(=O)[C@H](C)[C@@H](O)[C@@H](C)[C@@H](C)OC(=O)[C@@H]2C)O[C@H](C)[C@@H]1O. The molecule has 13 heteroatoms. The van der Waals surface area contributed by atoms with Crippen LogP contribution in [0.15, 0.2) is 0 Å². The van der Waals surface area contributed by atoms with Gasteiger partial charge in [0, 0.05) is 37.3 Å². The van der Waals surface area contributed by atoms with E-state index < -0.39 is 96.7 Å². The molecule has 0 aromatic carbocycles. The Bertz CT molecular complexity index is 1090. The maximum atomic E-state index is 13.9. The van der Waals surface area contributed by atoms with Crippen molar-refractivity contribution in [3.63, 3.8) is 0 Å². The number of aliphatic hydroxyl groups excluding tert-OH is 3. The first-order chi connectivity index (χ1) is 22.4. The van der Waals surface area contributed by atoms with Crippen LogP contribution in [-0.2, 0) is 42.7 Å². The summed E-state index contributed by atoms with van der Waals surface area (Å²) in [5.74, 6) is -3.74. The number of Topliss-reactive ketones (excluding diaryl/α,β-unsaturated/α-hetero) is 1. The summed E-state index contributed by atoms with van der Waals surface area (Å²) in [5.41, 5.74) is -1.10. The lowest BCUT2D eigenvalue weighted by molar-refractivity contribution is -0.299. The molecule has 278 valence electrons. The maximum Gasteiger partial charge on any atom is 0.311 e. The second kappa shape index (κ2) is 16.0. The van der Waals surface area contributed by atoms with E-state index in [9.17, 15) is 24.9 Å². The molecule has 0 radical (unpaired) electrons. The molecule has 4 saturated heterocycles. The van der Waals surface area contributed by atoms with Gasteiger partial charge in [-0.05, 0) is 60.5 Å². The number of hydrogen-bond donors (Lipinski definition) is 3. The lowest BCUT2D eigenvalue weighted by atomic mass is 9.76. The predicted octanol–water partition coefficient (Wildman–Crippen LogP) is 1.91. The summed E-state index contributed by atoms with van der Waals surface area (Å²) in [7, 11) is 5.32. The van der Waals surface area contributed by atoms with Crippen LogP contribution in [0, 0.1) is 29.6 Å². The number of esters is 1. The number of carbonyl (C=O) groups is 2. The summed E-state index contributed by atoms with van der Waals surface area (Å²) in [6, 6.07) is -0.219. The van der Waals surface area contributed by atoms with E-state index in [-0.39, 0.29) is 43.3 Å². The lowest BCUT2D eigenvalue weighted by Gasteiger charge is -2.46. The van der Waals surface area contributed by atoms with Crippen LogP contribution in [0.5, 0.6) is 0 Å². The normalized spacial score (nSPS) is 49.9. The van der Waals surface area contributed by atoms with Crippen LogP contribution in [0.4, 0.5) is 0 Å². The summed E-state index contributed by atoms with van der Waals surface area (Å²) in [6.07, 6.45) is -7.15. The molecule has 0 aromatic rings. The molecule has 48 heavy (non-hydrogen) atoms. The van der Waals surface area contributed by atoms with Gasteiger partial charge in [0.1, 0.15) is 18.3 Å². The minimum absolute atomic E-state index is 0.198. The fourth-order valence-corrected chi connectivity index (χ4v) is 7.89. The zero-order valence-corrected chi connectivity index (χ0v) is 30.6. The zero-order valence-electron chi connectivity index (χ0n) is 30.6. The molecule has 4 aliphatic heterocycles. The number of hydrogen-bond acceptors (Lipinski definition) is 13. The van der Waals surface area contributed by atoms with Crippen molar-refractivity contribution in [1.29, 1.82) is 0 Å². The van der Waals surface area contributed by atoms with Crippen LogP contribution < -0.4 is 0 Å². The highest BCUT2D eigenvalue weighted by Crippen LogP contribution is 2.43. The first-order valence-electron chi connectivity index (χ1n) is 17.7. The van der Waals surface area contributed by atoms with E-state index >= 15 is 0 Å². The monoisotopic (exact) mass is 687 g/mol. The van der Waals surface area contributed by atoms with Crippen LogP contribution in [0.25, 0.3) is 0 Å². The Labute approximate surface area is 285 Å². The molecular weight excluding hydrogens is 626 g/mol. The van der Waals surface area contributed by atoms with Gasteiger partial charge in [-0.2, -0.15) is 0 Å². The molecule has 18 atom stereocenters. The second-order valence-electron chi connectivity index (χ2n) is 15.3. The van der Waals surface area contributed by atoms with Crippen molar-refractivity contribution < 1.29 is 58.1 Å². The number of cyclic esters (lactones) is 1. The number of nitrogens with zero attached hydrogens (tertiary/aromatic N) is 1. The second-order valence-corrected chi connectivity index (χ2v) is 15.3. The summed E-state index contributed by atoms with van der Waals surface area (Å²) in [5, 5.41) is 33.3. The molecular formula is C35H61NO12. The van der Waals surface area contributed by atoms with Crippen LogP contribution in [0.1, 0.15) is 74.7 Å². The number of epoxide rings is 1. The zero-order chi connectivity index (χ0) is 35.8. The molecule has 4 heterocycles. The highest BCUT2D eigenvalue weighted by Gasteiger charge is 2.57. The van der Waals surface area contributed by atoms with Gasteiger partial charge in [-0.1, -0.05) is 27.7 Å². The van der Waals surface area contributed by atoms with Gasteiger partial charge < -0.3 is 53.4 Å². The first-order valence-corrected chi connectivity index (χ1v) is 17.7. The Morgan fingerprint density at radius 2 is 1.44 bits per heavy atom. The Balaban J connectivity index is 1.75. The van der Waals surface area contributed by atoms with Gasteiger partial charge in [-0.25, -0.2) is 0 Å². The van der Waals surface area contributed by atoms with E-state index in [2.05, 4.69) is 0 Å². The lowest BCUT2D eigenvalue weighted by Crippen LogP contribution is -2.57. The van der Waals surface area contributed by atoms with E-state index in [4.69, 9.17) is 33.2 Å². The topological polar surface area (TPSA) is 166 Å². The Morgan fingerprint density at radius 3 is 2.02 bits per heavy atom. The van der Waals surface area contributed by atoms with Crippen molar-refractivity contribution in [2.45, 2.75) is 154 Å². The smallest absolute Gasteiger partial charge is 0.311 e. The van der Waals surface area contributed by atoms with Crippen molar-refractivity contribution in [1.82, 2.24) is 4.90 Å². The molecule has 0 amide bonds. The number of methoxy groups -OCH3 is 1. The van der Waals surface area contributed by atoms with Gasteiger partial charge in [-0.3, -0.25) is 9.59 Å². The molecule has 0 aliphatic carbocycles. The molecule has 4 fully saturated rings. The van der Waals surface area contributed by atoms with Crippen molar-refractivity contribution in [2.24, 2.45) is 29.6 Å². The molecule has 4 aliphatic rings. The minimum atomic E-state index is -1.10. The fraction of sp³-hybridized carbons (Fsp3) is 0.943. The van der Waals surface area contributed by atoms with Crippen LogP contribution in [-0.4, -0.2) is 139 Å². The Morgan fingerprint density at radius 1 is 0.792 bits per heavy atom. The van der Waals surface area contributed by atoms with Crippen molar-refractivity contribution >= 4 is 11.8 Å². The third-order valence-electron chi connectivity index (χ3n) is 11.4. The summed E-state index contributed by atoms with van der Waals surface area (Å²) < 4.78 is 43.0. The number of likely N-dealkylation sites (N-methyl/N-ethyl adjacent to an activating group) is 1. The predicted molar refractivity (Wildman–Crippen MR) is 174 cm³/mol. The highest BCUT2D eigenvalue weighted by atomic mass is 16.7. The molecule has 1 spiro atoms. The quantitative estimate of drug-likeness (QED) is 0.274. The molecule has 0 unspecified atom stereocenters. The van der Waals surface area contributed by atoms with E-state index in [1.54, 1.807) is 34.6 Å². The van der Waals surface area contributed by atoms with Gasteiger partial charge in [0.2, 0.25) is 0 Å². The van der Waals surface area contributed by atoms with Crippen LogP contribution in [0.3, 0.4) is 0 Å². The summed E-state index contributed by atoms with van der Waals surface area (Å²) in [4.78, 5) is 29.7. The Kier molecular flexibility index (Phi) is 13.1. The number of ether oxygens (including phenoxy) is 7. The van der Waals surface area contributed by atoms with Gasteiger partial charge in [-0.15, -0.1) is 0 Å². The third kappa shape index (κ3) is 8.43. The van der Waals surface area contributed by atoms with Gasteiger partial charge in [0.05, 0.1) is 49.1 Å². The van der Waals surface area contributed by atoms with Gasteiger partial charge >= 0.3 is 5.97 Å². The number of ketones is 1. The van der Waals surface area contributed by atoms with E-state index in [0.29, 0.717) is 6.42 Å². The van der Waals surface area contributed by atoms with Crippen molar-refractivity contribution in [2.75, 3.05) is 27.8 Å². The van der Waals surface area contributed by atoms with Crippen molar-refractivity contribution in [3.8, 4) is 0 Å². The van der Waals surface area contributed by atoms with E-state index in [1.165, 1.54) is 7.11 Å². The average Bonchev–Trinajstić information content (AvgIpc) is 3.82. The maximum absolute atomic E-state index is 13.9. The minimum Gasteiger partial charge on any atom is -0.462 e. The first kappa shape index (κ1) is 39.5. The van der Waals surface area contributed by atoms with Crippen LogP contribution >= 0.6 is 0 Å². The summed E-state index contributed by atoms with van der Waals surface area (Å²) >= 11 is 0. The molecule has 0 bridgehead atoms. The Hall–Kier alpha value is -1.26. The molecule has 0 aromatic heterocycles. The average molecular weight is 688 g/mol. The van der Waals surface area contributed by atoms with Gasteiger partial charge in [0.25, 0.3) is 0 Å². The fourth-order valence-electron chi connectivity index (χ4n) is 7.89. The molecule has 4 rings (SSSR count).